The van der Waals surface area contributed by atoms with Crippen LogP contribution in [0.5, 0.6) is 5.88 Å². The Labute approximate surface area is 104 Å². The van der Waals surface area contributed by atoms with E-state index in [-0.39, 0.29) is 5.88 Å². The van der Waals surface area contributed by atoms with Crippen LogP contribution in [-0.4, -0.2) is 23.8 Å². The van der Waals surface area contributed by atoms with E-state index in [9.17, 15) is 13.2 Å². The number of nitrogens with one attached hydrogen (secondary N) is 1. The van der Waals surface area contributed by atoms with Gasteiger partial charge in [-0.3, -0.25) is 0 Å². The third kappa shape index (κ3) is 5.35. The molecule has 0 fully saturated rings. The molecule has 18 heavy (non-hydrogen) atoms. The minimum Gasteiger partial charge on any atom is -0.468 e. The van der Waals surface area contributed by atoms with Crippen LogP contribution in [0.1, 0.15) is 25.1 Å². The molecule has 0 atom stereocenters. The van der Waals surface area contributed by atoms with E-state index in [0.29, 0.717) is 18.3 Å². The Balaban J connectivity index is 2.62. The van der Waals surface area contributed by atoms with Crippen LogP contribution >= 0.6 is 0 Å². The predicted octanol–water partition coefficient (Wildman–Crippen LogP) is 2.83. The molecule has 0 radical (unpaired) electrons. The van der Waals surface area contributed by atoms with Crippen molar-refractivity contribution in [3.8, 4) is 5.88 Å². The van der Waals surface area contributed by atoms with Gasteiger partial charge in [-0.05, 0) is 12.5 Å². The molecule has 1 aromatic rings. The molecule has 1 aromatic heterocycles. The normalized spacial score (nSPS) is 11.9. The fourth-order valence-electron chi connectivity index (χ4n) is 1.30. The van der Waals surface area contributed by atoms with E-state index in [1.165, 1.54) is 6.07 Å². The smallest absolute Gasteiger partial charge is 0.422 e. The average molecular weight is 262 g/mol. The minimum atomic E-state index is -4.34. The van der Waals surface area contributed by atoms with Crippen molar-refractivity contribution in [2.75, 3.05) is 6.61 Å². The molecule has 6 heteroatoms. The zero-order chi connectivity index (χ0) is 13.8. The zero-order valence-corrected chi connectivity index (χ0v) is 10.6. The molecule has 1 N–H and O–H groups in total. The fourth-order valence-corrected chi connectivity index (χ4v) is 1.30. The first-order chi connectivity index (χ1) is 8.28. The molecule has 0 aromatic carbocycles. The first-order valence-electron chi connectivity index (χ1n) is 5.67. The van der Waals surface area contributed by atoms with E-state index < -0.39 is 12.8 Å². The van der Waals surface area contributed by atoms with Crippen LogP contribution in [0.15, 0.2) is 12.1 Å². The van der Waals surface area contributed by atoms with Gasteiger partial charge in [-0.1, -0.05) is 19.9 Å². The number of nitrogens with zero attached hydrogens (tertiary/aromatic N) is 1. The quantitative estimate of drug-likeness (QED) is 0.886. The fraction of sp³-hybridized carbons (Fsp3) is 0.583. The Kier molecular flexibility index (Phi) is 4.95. The first kappa shape index (κ1) is 14.8. The molecule has 0 aliphatic heterocycles. The minimum absolute atomic E-state index is 0.00174. The molecule has 0 bridgehead atoms. The summed E-state index contributed by atoms with van der Waals surface area (Å²) in [6.45, 7) is 5.10. The van der Waals surface area contributed by atoms with Gasteiger partial charge in [0.25, 0.3) is 0 Å². The third-order valence-electron chi connectivity index (χ3n) is 2.25. The summed E-state index contributed by atoms with van der Waals surface area (Å²) in [6, 6.07) is 3.52. The second kappa shape index (κ2) is 6.04. The summed E-state index contributed by atoms with van der Waals surface area (Å²) in [6.07, 6.45) is -4.34. The maximum Gasteiger partial charge on any atom is 0.422 e. The SMILES string of the molecule is Cc1nc(OCC(F)(F)F)ccc1CNC(C)C. The van der Waals surface area contributed by atoms with Crippen LogP contribution in [0.4, 0.5) is 13.2 Å². The monoisotopic (exact) mass is 262 g/mol. The van der Waals surface area contributed by atoms with Crippen molar-refractivity contribution in [3.63, 3.8) is 0 Å². The van der Waals surface area contributed by atoms with Crippen molar-refractivity contribution in [3.05, 3.63) is 23.4 Å². The number of alkyl halides is 3. The average Bonchev–Trinajstić information content (AvgIpc) is 2.24. The third-order valence-corrected chi connectivity index (χ3v) is 2.25. The van der Waals surface area contributed by atoms with Crippen LogP contribution in [0, 0.1) is 6.92 Å². The van der Waals surface area contributed by atoms with Crippen LogP contribution in [0.25, 0.3) is 0 Å². The van der Waals surface area contributed by atoms with E-state index in [0.717, 1.165) is 5.56 Å². The number of aromatic nitrogens is 1. The summed E-state index contributed by atoms with van der Waals surface area (Å²) in [5.74, 6) is -0.00174. The highest BCUT2D eigenvalue weighted by molar-refractivity contribution is 5.24. The largest absolute Gasteiger partial charge is 0.468 e. The van der Waals surface area contributed by atoms with Crippen molar-refractivity contribution in [2.45, 2.75) is 39.5 Å². The van der Waals surface area contributed by atoms with Gasteiger partial charge in [-0.2, -0.15) is 13.2 Å². The second-order valence-electron chi connectivity index (χ2n) is 4.33. The standard InChI is InChI=1S/C12H17F3N2O/c1-8(2)16-6-10-4-5-11(17-9(10)3)18-7-12(13,14)15/h4-5,8,16H,6-7H2,1-3H3. The van der Waals surface area contributed by atoms with Crippen LogP contribution in [0.3, 0.4) is 0 Å². The van der Waals surface area contributed by atoms with Crippen LogP contribution in [0.2, 0.25) is 0 Å². The molecule has 1 heterocycles. The molecular weight excluding hydrogens is 245 g/mol. The lowest BCUT2D eigenvalue weighted by molar-refractivity contribution is -0.154. The van der Waals surface area contributed by atoms with Gasteiger partial charge in [0.1, 0.15) is 0 Å². The molecule has 0 saturated heterocycles. The van der Waals surface area contributed by atoms with E-state index in [2.05, 4.69) is 15.0 Å². The molecular formula is C12H17F3N2O. The molecule has 0 unspecified atom stereocenters. The van der Waals surface area contributed by atoms with Gasteiger partial charge in [0, 0.05) is 24.3 Å². The molecule has 102 valence electrons. The van der Waals surface area contributed by atoms with Gasteiger partial charge in [-0.25, -0.2) is 4.98 Å². The maximum absolute atomic E-state index is 12.0. The van der Waals surface area contributed by atoms with E-state index in [1.807, 2.05) is 13.8 Å². The summed E-state index contributed by atoms with van der Waals surface area (Å²) in [5.41, 5.74) is 1.62. The lowest BCUT2D eigenvalue weighted by atomic mass is 10.2. The van der Waals surface area contributed by atoms with Crippen molar-refractivity contribution in [1.29, 1.82) is 0 Å². The highest BCUT2D eigenvalue weighted by atomic mass is 19.4. The predicted molar refractivity (Wildman–Crippen MR) is 62.5 cm³/mol. The van der Waals surface area contributed by atoms with E-state index in [4.69, 9.17) is 0 Å². The van der Waals surface area contributed by atoms with Gasteiger partial charge in [-0.15, -0.1) is 0 Å². The first-order valence-corrected chi connectivity index (χ1v) is 5.67. The Morgan fingerprint density at radius 1 is 1.33 bits per heavy atom. The van der Waals surface area contributed by atoms with Gasteiger partial charge in [0.2, 0.25) is 5.88 Å². The highest BCUT2D eigenvalue weighted by Gasteiger charge is 2.28. The van der Waals surface area contributed by atoms with Crippen molar-refractivity contribution in [2.24, 2.45) is 0 Å². The van der Waals surface area contributed by atoms with Gasteiger partial charge in [0.15, 0.2) is 6.61 Å². The Bertz CT molecular complexity index is 391. The number of hydrogen-bond donors (Lipinski definition) is 1. The summed E-state index contributed by atoms with van der Waals surface area (Å²) in [7, 11) is 0. The molecule has 0 amide bonds. The van der Waals surface area contributed by atoms with Crippen LogP contribution in [-0.2, 0) is 6.54 Å². The molecule has 0 aliphatic carbocycles. The van der Waals surface area contributed by atoms with Gasteiger partial charge >= 0.3 is 6.18 Å². The number of pyridine rings is 1. The Hall–Kier alpha value is -1.30. The number of aryl methyl sites for hydroxylation is 1. The lowest BCUT2D eigenvalue weighted by Gasteiger charge is -2.12. The second-order valence-corrected chi connectivity index (χ2v) is 4.33. The molecule has 1 rings (SSSR count). The molecule has 0 spiro atoms. The Morgan fingerprint density at radius 2 is 2.00 bits per heavy atom. The topological polar surface area (TPSA) is 34.1 Å². The number of halogens is 3. The summed E-state index contributed by atoms with van der Waals surface area (Å²) in [4.78, 5) is 3.99. The highest BCUT2D eigenvalue weighted by Crippen LogP contribution is 2.18. The Morgan fingerprint density at radius 3 is 2.50 bits per heavy atom. The zero-order valence-electron chi connectivity index (χ0n) is 10.6. The van der Waals surface area contributed by atoms with Gasteiger partial charge < -0.3 is 10.1 Å². The lowest BCUT2D eigenvalue weighted by Crippen LogP contribution is -2.23. The molecule has 3 nitrogen and oxygen atoms in total. The van der Waals surface area contributed by atoms with Crippen LogP contribution < -0.4 is 10.1 Å². The molecule has 0 saturated carbocycles. The molecule has 0 aliphatic rings. The van der Waals surface area contributed by atoms with Crippen molar-refractivity contribution >= 4 is 0 Å². The summed E-state index contributed by atoms with van der Waals surface area (Å²) < 4.78 is 40.5. The van der Waals surface area contributed by atoms with Crippen molar-refractivity contribution < 1.29 is 17.9 Å². The maximum atomic E-state index is 12.0. The van der Waals surface area contributed by atoms with E-state index >= 15 is 0 Å². The number of ether oxygens (including phenoxy) is 1. The van der Waals surface area contributed by atoms with Gasteiger partial charge in [0.05, 0.1) is 0 Å². The number of rotatable bonds is 5. The summed E-state index contributed by atoms with van der Waals surface area (Å²) in [5, 5.41) is 3.22. The summed E-state index contributed by atoms with van der Waals surface area (Å²) >= 11 is 0. The number of hydrogen-bond acceptors (Lipinski definition) is 3. The van der Waals surface area contributed by atoms with Crippen molar-refractivity contribution in [1.82, 2.24) is 10.3 Å². The van der Waals surface area contributed by atoms with E-state index in [1.54, 1.807) is 13.0 Å².